The molecule has 4 rings (SSSR count). The zero-order valence-corrected chi connectivity index (χ0v) is 15.9. The molecular formula is C20H21N3O5. The number of aromatic nitrogens is 1. The Morgan fingerprint density at radius 3 is 2.82 bits per heavy atom. The first-order valence-corrected chi connectivity index (χ1v) is 9.04. The van der Waals surface area contributed by atoms with Crippen LogP contribution in [0, 0.1) is 0 Å². The van der Waals surface area contributed by atoms with Crippen molar-refractivity contribution in [1.29, 1.82) is 0 Å². The van der Waals surface area contributed by atoms with Gasteiger partial charge in [0.05, 0.1) is 0 Å². The molecule has 146 valence electrons. The number of benzene rings is 1. The lowest BCUT2D eigenvalue weighted by molar-refractivity contribution is -0.148. The molecule has 1 atom stereocenters. The van der Waals surface area contributed by atoms with Gasteiger partial charge in [0, 0.05) is 18.8 Å². The van der Waals surface area contributed by atoms with E-state index >= 15 is 0 Å². The maximum absolute atomic E-state index is 13.1. The number of anilines is 1. The highest BCUT2D eigenvalue weighted by molar-refractivity contribution is 6.16. The monoisotopic (exact) mass is 383 g/mol. The summed E-state index contributed by atoms with van der Waals surface area (Å²) in [5, 5.41) is 2.79. The third kappa shape index (κ3) is 2.90. The van der Waals surface area contributed by atoms with E-state index in [1.807, 2.05) is 19.9 Å². The van der Waals surface area contributed by atoms with Crippen LogP contribution in [0.3, 0.4) is 0 Å². The number of carbonyl (C=O) groups excluding carboxylic acids is 2. The second-order valence-electron chi connectivity index (χ2n) is 7.10. The van der Waals surface area contributed by atoms with Crippen LogP contribution in [0.2, 0.25) is 0 Å². The van der Waals surface area contributed by atoms with Crippen LogP contribution >= 0.6 is 0 Å². The number of carbonyl (C=O) groups is 2. The molecule has 0 aliphatic carbocycles. The van der Waals surface area contributed by atoms with E-state index in [1.165, 1.54) is 11.8 Å². The molecule has 2 aromatic rings. The van der Waals surface area contributed by atoms with Crippen LogP contribution in [0.1, 0.15) is 26.3 Å². The van der Waals surface area contributed by atoms with Gasteiger partial charge in [-0.15, -0.1) is 0 Å². The molecule has 1 N–H and O–H groups in total. The van der Waals surface area contributed by atoms with Crippen LogP contribution in [0.25, 0.3) is 0 Å². The molecule has 1 aromatic carbocycles. The second-order valence-corrected chi connectivity index (χ2v) is 7.10. The molecule has 2 amide bonds. The minimum atomic E-state index is -1.68. The van der Waals surface area contributed by atoms with Gasteiger partial charge < -0.3 is 19.5 Å². The zero-order chi connectivity index (χ0) is 19.9. The van der Waals surface area contributed by atoms with Gasteiger partial charge in [-0.3, -0.25) is 14.5 Å². The molecular weight excluding hydrogens is 362 g/mol. The van der Waals surface area contributed by atoms with E-state index in [2.05, 4.69) is 10.3 Å². The predicted molar refractivity (Wildman–Crippen MR) is 100 cm³/mol. The number of nitrogens with one attached hydrogen (secondary N) is 1. The lowest BCUT2D eigenvalue weighted by Gasteiger charge is -2.40. The minimum absolute atomic E-state index is 0.175. The Kier molecular flexibility index (Phi) is 4.33. The van der Waals surface area contributed by atoms with Crippen molar-refractivity contribution in [2.75, 3.05) is 11.7 Å². The maximum atomic E-state index is 13.1. The molecule has 0 bridgehead atoms. The van der Waals surface area contributed by atoms with E-state index in [0.29, 0.717) is 23.1 Å². The molecule has 0 fully saturated rings. The van der Waals surface area contributed by atoms with Gasteiger partial charge in [0.25, 0.3) is 17.4 Å². The molecule has 0 spiro atoms. The zero-order valence-electron chi connectivity index (χ0n) is 15.9. The van der Waals surface area contributed by atoms with E-state index in [1.54, 1.807) is 30.5 Å². The Labute approximate surface area is 162 Å². The van der Waals surface area contributed by atoms with Crippen LogP contribution in [0.5, 0.6) is 17.2 Å². The highest BCUT2D eigenvalue weighted by Crippen LogP contribution is 2.37. The van der Waals surface area contributed by atoms with Crippen LogP contribution in [0.4, 0.5) is 5.82 Å². The van der Waals surface area contributed by atoms with E-state index in [-0.39, 0.29) is 19.4 Å². The van der Waals surface area contributed by atoms with Crippen LogP contribution < -0.4 is 24.4 Å². The molecule has 1 aromatic heterocycles. The number of nitrogens with zero attached hydrogens (tertiary/aromatic N) is 2. The van der Waals surface area contributed by atoms with Gasteiger partial charge >= 0.3 is 0 Å². The first-order chi connectivity index (χ1) is 13.4. The lowest BCUT2D eigenvalue weighted by atomic mass is 9.99. The van der Waals surface area contributed by atoms with Gasteiger partial charge in [-0.25, -0.2) is 4.98 Å². The average molecular weight is 383 g/mol. The first kappa shape index (κ1) is 18.1. The summed E-state index contributed by atoms with van der Waals surface area (Å²) in [6.07, 6.45) is 1.59. The molecule has 2 aliphatic heterocycles. The number of hydrogen-bond donors (Lipinski definition) is 1. The smallest absolute Gasteiger partial charge is 0.282 e. The normalized spacial score (nSPS) is 20.0. The average Bonchev–Trinajstić information content (AvgIpc) is 3.14. The van der Waals surface area contributed by atoms with Gasteiger partial charge in [-0.2, -0.15) is 0 Å². The molecule has 2 aliphatic rings. The fraction of sp³-hybridized carbons (Fsp3) is 0.350. The third-order valence-corrected chi connectivity index (χ3v) is 4.76. The molecule has 0 saturated heterocycles. The number of amides is 2. The van der Waals surface area contributed by atoms with Crippen LogP contribution in [-0.4, -0.2) is 35.2 Å². The van der Waals surface area contributed by atoms with Crippen molar-refractivity contribution in [3.63, 3.8) is 0 Å². The Morgan fingerprint density at radius 2 is 2.04 bits per heavy atom. The summed E-state index contributed by atoms with van der Waals surface area (Å²) in [5.41, 5.74) is -0.858. The summed E-state index contributed by atoms with van der Waals surface area (Å²) in [6.45, 7) is 5.63. The number of rotatable bonds is 4. The van der Waals surface area contributed by atoms with Crippen molar-refractivity contribution in [3.8, 4) is 17.2 Å². The summed E-state index contributed by atoms with van der Waals surface area (Å²) < 4.78 is 16.5. The van der Waals surface area contributed by atoms with Crippen molar-refractivity contribution in [3.05, 3.63) is 42.1 Å². The topological polar surface area (TPSA) is 90.0 Å². The van der Waals surface area contributed by atoms with Gasteiger partial charge in [-0.05, 0) is 50.6 Å². The molecule has 8 heteroatoms. The van der Waals surface area contributed by atoms with Gasteiger partial charge in [0.15, 0.2) is 23.1 Å². The second kappa shape index (κ2) is 6.70. The molecule has 8 nitrogen and oxygen atoms in total. The summed E-state index contributed by atoms with van der Waals surface area (Å²) in [7, 11) is 0. The van der Waals surface area contributed by atoms with Crippen molar-refractivity contribution in [1.82, 2.24) is 10.3 Å². The minimum Gasteiger partial charge on any atom is -0.464 e. The van der Waals surface area contributed by atoms with Gasteiger partial charge in [0.1, 0.15) is 0 Å². The van der Waals surface area contributed by atoms with E-state index in [9.17, 15) is 9.59 Å². The molecule has 28 heavy (non-hydrogen) atoms. The van der Waals surface area contributed by atoms with E-state index < -0.39 is 17.4 Å². The quantitative estimate of drug-likeness (QED) is 0.813. The Hall–Kier alpha value is -3.29. The summed E-state index contributed by atoms with van der Waals surface area (Å²) in [5.74, 6) is 1.16. The highest BCUT2D eigenvalue weighted by atomic mass is 16.7. The molecule has 3 heterocycles. The van der Waals surface area contributed by atoms with Crippen molar-refractivity contribution in [2.24, 2.45) is 0 Å². The Balaban J connectivity index is 1.55. The summed E-state index contributed by atoms with van der Waals surface area (Å²) in [6, 6.07) is 8.65. The fourth-order valence-corrected chi connectivity index (χ4v) is 3.26. The summed E-state index contributed by atoms with van der Waals surface area (Å²) in [4.78, 5) is 31.8. The molecule has 0 saturated carbocycles. The maximum Gasteiger partial charge on any atom is 0.282 e. The lowest BCUT2D eigenvalue weighted by Crippen LogP contribution is -2.63. The number of pyridine rings is 1. The van der Waals surface area contributed by atoms with E-state index in [0.717, 1.165) is 5.56 Å². The van der Waals surface area contributed by atoms with Gasteiger partial charge in [0.2, 0.25) is 6.79 Å². The Bertz CT molecular complexity index is 945. The first-order valence-electron chi connectivity index (χ1n) is 9.04. The largest absolute Gasteiger partial charge is 0.464 e. The highest BCUT2D eigenvalue weighted by Gasteiger charge is 2.51. The number of ether oxygens (including phenoxy) is 3. The molecule has 0 radical (unpaired) electrons. The fourth-order valence-electron chi connectivity index (χ4n) is 3.26. The number of hydrogen-bond acceptors (Lipinski definition) is 6. The molecule has 1 unspecified atom stereocenters. The number of fused-ring (bicyclic) bond motifs is 2. The van der Waals surface area contributed by atoms with Crippen LogP contribution in [0.15, 0.2) is 36.5 Å². The van der Waals surface area contributed by atoms with Gasteiger partial charge in [-0.1, -0.05) is 6.07 Å². The predicted octanol–water partition coefficient (Wildman–Crippen LogP) is 2.02. The summed E-state index contributed by atoms with van der Waals surface area (Å²) >= 11 is 0. The van der Waals surface area contributed by atoms with E-state index in [4.69, 9.17) is 14.2 Å². The third-order valence-electron chi connectivity index (χ3n) is 4.76. The van der Waals surface area contributed by atoms with Crippen molar-refractivity contribution in [2.45, 2.75) is 39.0 Å². The Morgan fingerprint density at radius 1 is 1.25 bits per heavy atom. The van der Waals surface area contributed by atoms with Crippen molar-refractivity contribution < 1.29 is 23.8 Å². The van der Waals surface area contributed by atoms with Crippen molar-refractivity contribution >= 4 is 17.6 Å². The van der Waals surface area contributed by atoms with Crippen LogP contribution in [-0.2, 0) is 16.1 Å². The standard InChI is InChI=1S/C20H21N3O5/c1-12(2)23-17-15(5-4-8-21-17)28-20(3,19(23)25)18(24)22-10-13-6-7-14-16(9-13)27-11-26-14/h4-9,12H,10-11H2,1-3H3,(H,22,24). The SMILES string of the molecule is CC(C)N1C(=O)C(C)(C(=O)NCc2ccc3c(c2)OCO3)Oc2cccnc21.